The summed E-state index contributed by atoms with van der Waals surface area (Å²) in [6.07, 6.45) is 1.34. The predicted octanol–water partition coefficient (Wildman–Crippen LogP) is 2.08. The minimum atomic E-state index is -0.719. The molecule has 1 aliphatic rings. The Balaban J connectivity index is 2.13. The van der Waals surface area contributed by atoms with Crippen LogP contribution in [-0.4, -0.2) is 24.9 Å². The summed E-state index contributed by atoms with van der Waals surface area (Å²) in [6, 6.07) is 7.70. The minimum Gasteiger partial charge on any atom is -0.494 e. The summed E-state index contributed by atoms with van der Waals surface area (Å²) in [5.41, 5.74) is 0.238. The monoisotopic (exact) mass is 222 g/mol. The summed E-state index contributed by atoms with van der Waals surface area (Å²) in [6.45, 7) is 3.88. The maximum absolute atomic E-state index is 10.4. The van der Waals surface area contributed by atoms with E-state index in [-0.39, 0.29) is 0 Å². The summed E-state index contributed by atoms with van der Waals surface area (Å²) < 4.78 is 10.6. The molecule has 1 fully saturated rings. The van der Waals surface area contributed by atoms with Crippen molar-refractivity contribution >= 4 is 0 Å². The quantitative estimate of drug-likeness (QED) is 0.851. The van der Waals surface area contributed by atoms with Crippen LogP contribution in [-0.2, 0) is 10.3 Å². The zero-order chi connectivity index (χ0) is 11.4. The van der Waals surface area contributed by atoms with E-state index >= 15 is 0 Å². The first-order valence-electron chi connectivity index (χ1n) is 5.78. The second-order valence-corrected chi connectivity index (χ2v) is 4.10. The average molecular weight is 222 g/mol. The molecule has 0 aliphatic carbocycles. The van der Waals surface area contributed by atoms with Gasteiger partial charge in [0.25, 0.3) is 0 Å². The molecule has 1 N–H and O–H groups in total. The Kier molecular flexibility index (Phi) is 3.46. The number of hydrogen-bond donors (Lipinski definition) is 1. The Hall–Kier alpha value is -1.06. The Morgan fingerprint density at radius 2 is 1.88 bits per heavy atom. The molecule has 0 unspecified atom stereocenters. The van der Waals surface area contributed by atoms with Gasteiger partial charge in [0.05, 0.1) is 12.2 Å². The van der Waals surface area contributed by atoms with E-state index in [0.29, 0.717) is 32.7 Å². The van der Waals surface area contributed by atoms with Gasteiger partial charge < -0.3 is 14.6 Å². The van der Waals surface area contributed by atoms with Crippen LogP contribution < -0.4 is 4.74 Å². The van der Waals surface area contributed by atoms with Crippen molar-refractivity contribution in [3.8, 4) is 5.75 Å². The number of hydrogen-bond acceptors (Lipinski definition) is 3. The molecule has 16 heavy (non-hydrogen) atoms. The highest BCUT2D eigenvalue weighted by Crippen LogP contribution is 2.32. The fourth-order valence-electron chi connectivity index (χ4n) is 2.03. The Morgan fingerprint density at radius 1 is 1.25 bits per heavy atom. The van der Waals surface area contributed by atoms with Crippen LogP contribution >= 0.6 is 0 Å². The summed E-state index contributed by atoms with van der Waals surface area (Å²) in [7, 11) is 0. The largest absolute Gasteiger partial charge is 0.494 e. The second-order valence-electron chi connectivity index (χ2n) is 4.10. The molecule has 0 aromatic heterocycles. The van der Waals surface area contributed by atoms with Gasteiger partial charge in [-0.2, -0.15) is 0 Å². The number of benzene rings is 1. The van der Waals surface area contributed by atoms with Crippen molar-refractivity contribution in [1.29, 1.82) is 0 Å². The molecule has 1 aromatic rings. The highest BCUT2D eigenvalue weighted by molar-refractivity contribution is 5.31. The van der Waals surface area contributed by atoms with E-state index < -0.39 is 5.60 Å². The number of aliphatic hydroxyl groups is 1. The van der Waals surface area contributed by atoms with Crippen LogP contribution in [0.25, 0.3) is 0 Å². The van der Waals surface area contributed by atoms with E-state index in [0.717, 1.165) is 11.3 Å². The maximum Gasteiger partial charge on any atom is 0.119 e. The Morgan fingerprint density at radius 3 is 2.44 bits per heavy atom. The smallest absolute Gasteiger partial charge is 0.119 e. The van der Waals surface area contributed by atoms with Crippen molar-refractivity contribution in [2.75, 3.05) is 19.8 Å². The molecule has 0 atom stereocenters. The van der Waals surface area contributed by atoms with E-state index in [2.05, 4.69) is 0 Å². The Bertz CT molecular complexity index is 326. The molecule has 0 bridgehead atoms. The summed E-state index contributed by atoms with van der Waals surface area (Å²) in [4.78, 5) is 0. The van der Waals surface area contributed by atoms with Crippen molar-refractivity contribution in [3.63, 3.8) is 0 Å². The molecular formula is C13H18O3. The first kappa shape index (κ1) is 11.4. The molecular weight excluding hydrogens is 204 g/mol. The fourth-order valence-corrected chi connectivity index (χ4v) is 2.03. The van der Waals surface area contributed by atoms with Crippen LogP contribution in [0.1, 0.15) is 25.3 Å². The van der Waals surface area contributed by atoms with Gasteiger partial charge in [-0.25, -0.2) is 0 Å². The van der Waals surface area contributed by atoms with E-state index in [1.807, 2.05) is 31.2 Å². The van der Waals surface area contributed by atoms with Crippen LogP contribution in [0, 0.1) is 0 Å². The lowest BCUT2D eigenvalue weighted by Crippen LogP contribution is -2.33. The zero-order valence-corrected chi connectivity index (χ0v) is 9.61. The van der Waals surface area contributed by atoms with E-state index in [1.54, 1.807) is 0 Å². The van der Waals surface area contributed by atoms with Gasteiger partial charge >= 0.3 is 0 Å². The van der Waals surface area contributed by atoms with Gasteiger partial charge in [0, 0.05) is 26.1 Å². The summed E-state index contributed by atoms with van der Waals surface area (Å²) in [5.74, 6) is 0.849. The highest BCUT2D eigenvalue weighted by Gasteiger charge is 2.31. The molecule has 0 amide bonds. The molecule has 1 aromatic carbocycles. The molecule has 88 valence electrons. The topological polar surface area (TPSA) is 38.7 Å². The molecule has 0 saturated carbocycles. The van der Waals surface area contributed by atoms with Crippen LogP contribution in [0.3, 0.4) is 0 Å². The first-order chi connectivity index (χ1) is 7.74. The van der Waals surface area contributed by atoms with E-state index in [9.17, 15) is 5.11 Å². The lowest BCUT2D eigenvalue weighted by Gasteiger charge is -2.32. The highest BCUT2D eigenvalue weighted by atomic mass is 16.5. The number of rotatable bonds is 3. The van der Waals surface area contributed by atoms with Gasteiger partial charge in [0.2, 0.25) is 0 Å². The second kappa shape index (κ2) is 4.85. The third-order valence-corrected chi connectivity index (χ3v) is 3.02. The zero-order valence-electron chi connectivity index (χ0n) is 9.61. The first-order valence-corrected chi connectivity index (χ1v) is 5.78. The normalized spacial score (nSPS) is 19.4. The summed E-state index contributed by atoms with van der Waals surface area (Å²) in [5, 5.41) is 10.4. The van der Waals surface area contributed by atoms with Crippen molar-refractivity contribution in [3.05, 3.63) is 29.8 Å². The molecule has 0 radical (unpaired) electrons. The maximum atomic E-state index is 10.4. The standard InChI is InChI=1S/C13H18O3/c1-2-16-12-5-3-11(4-6-12)13(14)7-9-15-10-8-13/h3-6,14H,2,7-10H2,1H3. The summed E-state index contributed by atoms with van der Waals surface area (Å²) >= 11 is 0. The minimum absolute atomic E-state index is 0.629. The van der Waals surface area contributed by atoms with Crippen molar-refractivity contribution < 1.29 is 14.6 Å². The van der Waals surface area contributed by atoms with Gasteiger partial charge in [-0.3, -0.25) is 0 Å². The predicted molar refractivity (Wildman–Crippen MR) is 61.6 cm³/mol. The van der Waals surface area contributed by atoms with Gasteiger partial charge in [-0.05, 0) is 24.6 Å². The number of ether oxygens (including phenoxy) is 2. The lowest BCUT2D eigenvalue weighted by atomic mass is 9.86. The average Bonchev–Trinajstić information content (AvgIpc) is 2.31. The van der Waals surface area contributed by atoms with Gasteiger partial charge in [0.15, 0.2) is 0 Å². The van der Waals surface area contributed by atoms with Crippen molar-refractivity contribution in [1.82, 2.24) is 0 Å². The molecule has 1 saturated heterocycles. The molecule has 3 heteroatoms. The lowest BCUT2D eigenvalue weighted by molar-refractivity contribution is -0.0679. The SMILES string of the molecule is CCOc1ccc(C2(O)CCOCC2)cc1. The van der Waals surface area contributed by atoms with Crippen molar-refractivity contribution in [2.24, 2.45) is 0 Å². The Labute approximate surface area is 96.0 Å². The van der Waals surface area contributed by atoms with Crippen molar-refractivity contribution in [2.45, 2.75) is 25.4 Å². The van der Waals surface area contributed by atoms with Crippen LogP contribution in [0.5, 0.6) is 5.75 Å². The molecule has 1 heterocycles. The third-order valence-electron chi connectivity index (χ3n) is 3.02. The third kappa shape index (κ3) is 2.36. The molecule has 2 rings (SSSR count). The van der Waals surface area contributed by atoms with Crippen LogP contribution in [0.2, 0.25) is 0 Å². The van der Waals surface area contributed by atoms with Crippen LogP contribution in [0.15, 0.2) is 24.3 Å². The molecule has 1 aliphatic heterocycles. The van der Waals surface area contributed by atoms with Gasteiger partial charge in [-0.15, -0.1) is 0 Å². The molecule has 0 spiro atoms. The van der Waals surface area contributed by atoms with Gasteiger partial charge in [0.1, 0.15) is 5.75 Å². The molecule has 3 nitrogen and oxygen atoms in total. The van der Waals surface area contributed by atoms with Gasteiger partial charge in [-0.1, -0.05) is 12.1 Å². The van der Waals surface area contributed by atoms with E-state index in [4.69, 9.17) is 9.47 Å². The van der Waals surface area contributed by atoms with E-state index in [1.165, 1.54) is 0 Å². The van der Waals surface area contributed by atoms with Crippen LogP contribution in [0.4, 0.5) is 0 Å². The fraction of sp³-hybridized carbons (Fsp3) is 0.538.